The minimum atomic E-state index is -3.57. The second-order valence-corrected chi connectivity index (χ2v) is 10.2. The molecule has 0 aromatic heterocycles. The van der Waals surface area contributed by atoms with Crippen LogP contribution in [0.25, 0.3) is 0 Å². The largest absolute Gasteiger partial charge is 0.494 e. The van der Waals surface area contributed by atoms with E-state index in [0.717, 1.165) is 10.0 Å². The maximum atomic E-state index is 12.9. The van der Waals surface area contributed by atoms with Crippen LogP contribution in [-0.4, -0.2) is 38.3 Å². The van der Waals surface area contributed by atoms with E-state index in [0.29, 0.717) is 38.3 Å². The summed E-state index contributed by atoms with van der Waals surface area (Å²) >= 11 is 3.45. The second kappa shape index (κ2) is 9.94. The molecule has 1 heterocycles. The fraction of sp³-hybridized carbons (Fsp3) is 0.409. The van der Waals surface area contributed by atoms with Gasteiger partial charge in [0.25, 0.3) is 0 Å². The third kappa shape index (κ3) is 5.42. The number of carbonyl (C=O) groups excluding carboxylic acids is 1. The number of amides is 1. The zero-order valence-corrected chi connectivity index (χ0v) is 19.6. The van der Waals surface area contributed by atoms with E-state index in [2.05, 4.69) is 21.2 Å². The standard InChI is InChI=1S/C22H27BrN2O4S/c1-3-29-20-7-9-21(10-8-20)30(27,28)25-13-11-17(12-14-25)22(26)24-16(2)18-5-4-6-19(23)15-18/h4-10,15-17H,3,11-14H2,1-2H3,(H,24,26)/t16-/m1/s1. The molecule has 162 valence electrons. The maximum absolute atomic E-state index is 12.9. The lowest BCUT2D eigenvalue weighted by Gasteiger charge is -2.31. The molecular formula is C22H27BrN2O4S. The minimum Gasteiger partial charge on any atom is -0.494 e. The van der Waals surface area contributed by atoms with Crippen LogP contribution in [0.1, 0.15) is 38.3 Å². The summed E-state index contributed by atoms with van der Waals surface area (Å²) in [5, 5.41) is 3.05. The Labute approximate surface area is 186 Å². The molecule has 1 aliphatic heterocycles. The summed E-state index contributed by atoms with van der Waals surface area (Å²) in [5.41, 5.74) is 1.02. The first-order valence-electron chi connectivity index (χ1n) is 10.1. The summed E-state index contributed by atoms with van der Waals surface area (Å²) in [5.74, 6) is 0.429. The molecule has 8 heteroatoms. The molecular weight excluding hydrogens is 468 g/mol. The number of hydrogen-bond donors (Lipinski definition) is 1. The number of ether oxygens (including phenoxy) is 1. The highest BCUT2D eigenvalue weighted by Crippen LogP contribution is 2.26. The first-order chi connectivity index (χ1) is 14.3. The van der Waals surface area contributed by atoms with Crippen molar-refractivity contribution in [3.63, 3.8) is 0 Å². The van der Waals surface area contributed by atoms with Crippen molar-refractivity contribution in [1.29, 1.82) is 0 Å². The van der Waals surface area contributed by atoms with Gasteiger partial charge < -0.3 is 10.1 Å². The van der Waals surface area contributed by atoms with Gasteiger partial charge in [0.1, 0.15) is 5.75 Å². The first-order valence-corrected chi connectivity index (χ1v) is 12.3. The second-order valence-electron chi connectivity index (χ2n) is 7.37. The molecule has 6 nitrogen and oxygen atoms in total. The summed E-state index contributed by atoms with van der Waals surface area (Å²) in [6, 6.07) is 14.2. The highest BCUT2D eigenvalue weighted by atomic mass is 79.9. The van der Waals surface area contributed by atoms with E-state index in [4.69, 9.17) is 4.74 Å². The minimum absolute atomic E-state index is 0.0272. The fourth-order valence-electron chi connectivity index (χ4n) is 3.57. The van der Waals surface area contributed by atoms with Gasteiger partial charge in [-0.2, -0.15) is 4.31 Å². The lowest BCUT2D eigenvalue weighted by molar-refractivity contribution is -0.126. The number of rotatable bonds is 7. The Morgan fingerprint density at radius 3 is 2.47 bits per heavy atom. The average molecular weight is 495 g/mol. The van der Waals surface area contributed by atoms with E-state index < -0.39 is 10.0 Å². The lowest BCUT2D eigenvalue weighted by atomic mass is 9.96. The molecule has 1 amide bonds. The monoisotopic (exact) mass is 494 g/mol. The van der Waals surface area contributed by atoms with Crippen LogP contribution in [-0.2, 0) is 14.8 Å². The molecule has 0 radical (unpaired) electrons. The molecule has 1 fully saturated rings. The molecule has 1 saturated heterocycles. The molecule has 30 heavy (non-hydrogen) atoms. The molecule has 1 aliphatic rings. The lowest BCUT2D eigenvalue weighted by Crippen LogP contribution is -2.43. The molecule has 0 bridgehead atoms. The predicted octanol–water partition coefficient (Wildman–Crippen LogP) is 4.13. The highest BCUT2D eigenvalue weighted by Gasteiger charge is 2.32. The van der Waals surface area contributed by atoms with Gasteiger partial charge >= 0.3 is 0 Å². The van der Waals surface area contributed by atoms with E-state index in [1.54, 1.807) is 24.3 Å². The van der Waals surface area contributed by atoms with Crippen molar-refractivity contribution in [3.8, 4) is 5.75 Å². The number of hydrogen-bond acceptors (Lipinski definition) is 4. The van der Waals surface area contributed by atoms with Gasteiger partial charge in [-0.15, -0.1) is 0 Å². The zero-order chi connectivity index (χ0) is 21.7. The third-order valence-corrected chi connectivity index (χ3v) is 7.71. The summed E-state index contributed by atoms with van der Waals surface area (Å²) in [7, 11) is -3.57. The van der Waals surface area contributed by atoms with Crippen molar-refractivity contribution in [1.82, 2.24) is 9.62 Å². The Morgan fingerprint density at radius 2 is 1.87 bits per heavy atom. The predicted molar refractivity (Wildman–Crippen MR) is 120 cm³/mol. The Hall–Kier alpha value is -1.90. The van der Waals surface area contributed by atoms with Crippen LogP contribution in [0.15, 0.2) is 57.9 Å². The van der Waals surface area contributed by atoms with Crippen LogP contribution in [0.2, 0.25) is 0 Å². The summed E-state index contributed by atoms with van der Waals surface area (Å²) in [6.45, 7) is 5.02. The zero-order valence-electron chi connectivity index (χ0n) is 17.2. The molecule has 0 spiro atoms. The van der Waals surface area contributed by atoms with Crippen LogP contribution in [0, 0.1) is 5.92 Å². The van der Waals surface area contributed by atoms with Gasteiger partial charge in [-0.05, 0) is 68.7 Å². The molecule has 0 unspecified atom stereocenters. The van der Waals surface area contributed by atoms with Crippen LogP contribution in [0.3, 0.4) is 0 Å². The van der Waals surface area contributed by atoms with Crippen LogP contribution in [0.5, 0.6) is 5.75 Å². The van der Waals surface area contributed by atoms with E-state index >= 15 is 0 Å². The number of sulfonamides is 1. The van der Waals surface area contributed by atoms with Crippen molar-refractivity contribution < 1.29 is 17.9 Å². The molecule has 0 saturated carbocycles. The number of benzene rings is 2. The van der Waals surface area contributed by atoms with E-state index in [1.807, 2.05) is 38.1 Å². The summed E-state index contributed by atoms with van der Waals surface area (Å²) in [6.07, 6.45) is 1.01. The van der Waals surface area contributed by atoms with E-state index in [1.165, 1.54) is 4.31 Å². The Morgan fingerprint density at radius 1 is 1.20 bits per heavy atom. The van der Waals surface area contributed by atoms with E-state index in [9.17, 15) is 13.2 Å². The van der Waals surface area contributed by atoms with Gasteiger partial charge in [0.05, 0.1) is 17.5 Å². The number of nitrogens with zero attached hydrogens (tertiary/aromatic N) is 1. The van der Waals surface area contributed by atoms with Gasteiger partial charge in [0, 0.05) is 23.5 Å². The highest BCUT2D eigenvalue weighted by molar-refractivity contribution is 9.10. The molecule has 1 atom stereocenters. The van der Waals surface area contributed by atoms with Crippen molar-refractivity contribution in [3.05, 3.63) is 58.6 Å². The third-order valence-electron chi connectivity index (χ3n) is 5.30. The number of nitrogens with one attached hydrogen (secondary N) is 1. The SMILES string of the molecule is CCOc1ccc(S(=O)(=O)N2CCC(C(=O)N[C@H](C)c3cccc(Br)c3)CC2)cc1. The van der Waals surface area contributed by atoms with Gasteiger partial charge in [-0.3, -0.25) is 4.79 Å². The summed E-state index contributed by atoms with van der Waals surface area (Å²) in [4.78, 5) is 12.9. The van der Waals surface area contributed by atoms with Gasteiger partial charge in [0.2, 0.25) is 15.9 Å². The number of carbonyl (C=O) groups is 1. The first kappa shape index (κ1) is 22.8. The summed E-state index contributed by atoms with van der Waals surface area (Å²) < 4.78 is 33.6. The van der Waals surface area contributed by atoms with Crippen molar-refractivity contribution >= 4 is 31.9 Å². The molecule has 1 N–H and O–H groups in total. The van der Waals surface area contributed by atoms with Gasteiger partial charge in [-0.25, -0.2) is 8.42 Å². The Bertz CT molecular complexity index is 971. The van der Waals surface area contributed by atoms with Crippen molar-refractivity contribution in [2.45, 2.75) is 37.6 Å². The van der Waals surface area contributed by atoms with Crippen LogP contribution in [0.4, 0.5) is 0 Å². The number of halogens is 1. The fourth-order valence-corrected chi connectivity index (χ4v) is 5.46. The van der Waals surface area contributed by atoms with Gasteiger partial charge in [-0.1, -0.05) is 28.1 Å². The number of piperidine rings is 1. The van der Waals surface area contributed by atoms with Gasteiger partial charge in [0.15, 0.2) is 0 Å². The normalized spacial score (nSPS) is 16.8. The maximum Gasteiger partial charge on any atom is 0.243 e. The Kier molecular flexibility index (Phi) is 7.55. The molecule has 0 aliphatic carbocycles. The van der Waals surface area contributed by atoms with Crippen molar-refractivity contribution in [2.75, 3.05) is 19.7 Å². The Balaban J connectivity index is 1.57. The van der Waals surface area contributed by atoms with Crippen LogP contribution >= 0.6 is 15.9 Å². The van der Waals surface area contributed by atoms with E-state index in [-0.39, 0.29) is 22.8 Å². The molecule has 2 aromatic rings. The topological polar surface area (TPSA) is 75.7 Å². The average Bonchev–Trinajstić information content (AvgIpc) is 2.74. The quantitative estimate of drug-likeness (QED) is 0.627. The molecule has 3 rings (SSSR count). The smallest absolute Gasteiger partial charge is 0.243 e. The van der Waals surface area contributed by atoms with Crippen LogP contribution < -0.4 is 10.1 Å². The van der Waals surface area contributed by atoms with Crippen molar-refractivity contribution in [2.24, 2.45) is 5.92 Å². The molecule has 2 aromatic carbocycles.